The van der Waals surface area contributed by atoms with Gasteiger partial charge in [0.05, 0.1) is 0 Å². The number of amides is 1. The minimum absolute atomic E-state index is 0.252. The summed E-state index contributed by atoms with van der Waals surface area (Å²) < 4.78 is 0. The van der Waals surface area contributed by atoms with Crippen molar-refractivity contribution in [3.63, 3.8) is 0 Å². The number of aliphatic imine (C=N–C) groups is 1. The minimum atomic E-state index is 0.252. The van der Waals surface area contributed by atoms with Crippen LogP contribution in [0, 0.1) is 11.8 Å². The molecule has 1 aromatic heterocycles. The summed E-state index contributed by atoms with van der Waals surface area (Å²) in [4.78, 5) is 23.0. The summed E-state index contributed by atoms with van der Waals surface area (Å²) in [6, 6.07) is 14.5. The predicted octanol–water partition coefficient (Wildman–Crippen LogP) is 3.08. The highest BCUT2D eigenvalue weighted by molar-refractivity contribution is 5.81. The number of nitrogens with zero attached hydrogens (tertiary/aromatic N) is 3. The first kappa shape index (κ1) is 22.8. The van der Waals surface area contributed by atoms with Crippen molar-refractivity contribution in [1.82, 2.24) is 20.5 Å². The molecule has 0 radical (unpaired) electrons. The summed E-state index contributed by atoms with van der Waals surface area (Å²) in [6.45, 7) is 7.57. The van der Waals surface area contributed by atoms with E-state index in [2.05, 4.69) is 52.7 Å². The Morgan fingerprint density at radius 3 is 2.68 bits per heavy atom. The molecule has 1 aliphatic rings. The van der Waals surface area contributed by atoms with Crippen LogP contribution in [0.3, 0.4) is 0 Å². The number of carbonyl (C=O) groups excluding carboxylic acids is 1. The first-order valence-electron chi connectivity index (χ1n) is 11.2. The summed E-state index contributed by atoms with van der Waals surface area (Å²) in [5, 5.41) is 6.87. The van der Waals surface area contributed by atoms with E-state index in [-0.39, 0.29) is 5.91 Å². The van der Waals surface area contributed by atoms with E-state index in [1.807, 2.05) is 35.4 Å². The van der Waals surface area contributed by atoms with Crippen LogP contribution in [-0.4, -0.2) is 55.0 Å². The molecule has 0 bridgehead atoms. The minimum Gasteiger partial charge on any atom is -0.356 e. The van der Waals surface area contributed by atoms with E-state index in [0.717, 1.165) is 38.6 Å². The van der Waals surface area contributed by atoms with Crippen LogP contribution in [-0.2, 0) is 11.2 Å². The molecule has 1 saturated heterocycles. The van der Waals surface area contributed by atoms with Gasteiger partial charge >= 0.3 is 0 Å². The Hall–Kier alpha value is -2.89. The van der Waals surface area contributed by atoms with E-state index >= 15 is 0 Å². The normalized spacial score (nSPS) is 17.8. The molecule has 3 rings (SSSR count). The summed E-state index contributed by atoms with van der Waals surface area (Å²) in [5.41, 5.74) is 2.51. The summed E-state index contributed by atoms with van der Waals surface area (Å²) in [7, 11) is 1.79. The lowest BCUT2D eigenvalue weighted by Gasteiger charge is -2.23. The summed E-state index contributed by atoms with van der Waals surface area (Å²) in [5.74, 6) is 2.18. The van der Waals surface area contributed by atoms with Gasteiger partial charge in [0.15, 0.2) is 5.96 Å². The molecule has 1 aliphatic heterocycles. The Labute approximate surface area is 186 Å². The van der Waals surface area contributed by atoms with Crippen molar-refractivity contribution in [1.29, 1.82) is 0 Å². The largest absolute Gasteiger partial charge is 0.356 e. The van der Waals surface area contributed by atoms with Gasteiger partial charge in [-0.2, -0.15) is 0 Å². The van der Waals surface area contributed by atoms with Crippen LogP contribution in [0.1, 0.15) is 37.3 Å². The number of pyridine rings is 1. The molecule has 1 fully saturated rings. The number of aromatic nitrogens is 1. The first-order chi connectivity index (χ1) is 15.1. The number of benzene rings is 1. The van der Waals surface area contributed by atoms with Gasteiger partial charge in [-0.3, -0.25) is 14.8 Å². The molecule has 6 nitrogen and oxygen atoms in total. The summed E-state index contributed by atoms with van der Waals surface area (Å²) >= 11 is 0. The van der Waals surface area contributed by atoms with Crippen LogP contribution < -0.4 is 10.6 Å². The molecule has 1 amide bonds. The third kappa shape index (κ3) is 6.81. The van der Waals surface area contributed by atoms with Crippen molar-refractivity contribution in [2.24, 2.45) is 16.8 Å². The van der Waals surface area contributed by atoms with Gasteiger partial charge in [-0.15, -0.1) is 0 Å². The lowest BCUT2D eigenvalue weighted by Crippen LogP contribution is -2.42. The van der Waals surface area contributed by atoms with Crippen LogP contribution >= 0.6 is 0 Å². The Morgan fingerprint density at radius 2 is 2.00 bits per heavy atom. The predicted molar refractivity (Wildman–Crippen MR) is 126 cm³/mol. The number of likely N-dealkylation sites (tertiary alicyclic amines) is 1. The molecule has 166 valence electrons. The van der Waals surface area contributed by atoms with E-state index in [4.69, 9.17) is 0 Å². The molecule has 0 saturated carbocycles. The van der Waals surface area contributed by atoms with E-state index in [1.54, 1.807) is 13.2 Å². The third-order valence-corrected chi connectivity index (χ3v) is 6.00. The van der Waals surface area contributed by atoms with Gasteiger partial charge < -0.3 is 15.5 Å². The monoisotopic (exact) mass is 421 g/mol. The maximum absolute atomic E-state index is 12.4. The Kier molecular flexibility index (Phi) is 8.44. The molecule has 31 heavy (non-hydrogen) atoms. The van der Waals surface area contributed by atoms with Crippen molar-refractivity contribution < 1.29 is 4.79 Å². The number of hydrogen-bond acceptors (Lipinski definition) is 3. The first-order valence-corrected chi connectivity index (χ1v) is 11.2. The molecule has 2 N–H and O–H groups in total. The fraction of sp³-hybridized carbons (Fsp3) is 0.480. The van der Waals surface area contributed by atoms with Crippen LogP contribution in [0.2, 0.25) is 0 Å². The average molecular weight is 422 g/mol. The number of nitrogens with one attached hydrogen (secondary N) is 2. The standard InChI is InChI=1S/C25H35N5O/c1-19(2)23(22-10-7-12-27-16-22)17-29-25(26-3)28-15-21-14-24(31)30(18-21)13-11-20-8-5-4-6-9-20/h4-10,12,16,19,21,23H,11,13-15,17-18H2,1-3H3,(H2,26,28,29). The van der Waals surface area contributed by atoms with E-state index in [9.17, 15) is 4.79 Å². The number of guanidine groups is 1. The quantitative estimate of drug-likeness (QED) is 0.482. The molecule has 0 spiro atoms. The molecule has 2 atom stereocenters. The number of hydrogen-bond donors (Lipinski definition) is 2. The fourth-order valence-corrected chi connectivity index (χ4v) is 4.12. The van der Waals surface area contributed by atoms with Crippen LogP contribution in [0.4, 0.5) is 0 Å². The van der Waals surface area contributed by atoms with Gasteiger partial charge in [-0.1, -0.05) is 50.2 Å². The van der Waals surface area contributed by atoms with Gasteiger partial charge in [0.1, 0.15) is 0 Å². The zero-order chi connectivity index (χ0) is 22.1. The molecule has 6 heteroatoms. The van der Waals surface area contributed by atoms with Crippen molar-refractivity contribution >= 4 is 11.9 Å². The molecule has 2 unspecified atom stereocenters. The SMILES string of the molecule is CN=C(NCC1CC(=O)N(CCc2ccccc2)C1)NCC(c1cccnc1)C(C)C. The molecule has 2 heterocycles. The zero-order valence-corrected chi connectivity index (χ0v) is 18.9. The van der Waals surface area contributed by atoms with Crippen LogP contribution in [0.5, 0.6) is 0 Å². The number of rotatable bonds is 9. The smallest absolute Gasteiger partial charge is 0.223 e. The molecule has 0 aliphatic carbocycles. The maximum Gasteiger partial charge on any atom is 0.223 e. The Bertz CT molecular complexity index is 838. The highest BCUT2D eigenvalue weighted by atomic mass is 16.2. The van der Waals surface area contributed by atoms with Gasteiger partial charge in [0.25, 0.3) is 0 Å². The highest BCUT2D eigenvalue weighted by Crippen LogP contribution is 2.22. The zero-order valence-electron chi connectivity index (χ0n) is 18.9. The van der Waals surface area contributed by atoms with Gasteiger partial charge in [-0.05, 0) is 29.5 Å². The highest BCUT2D eigenvalue weighted by Gasteiger charge is 2.29. The van der Waals surface area contributed by atoms with E-state index in [1.165, 1.54) is 11.1 Å². The second-order valence-electron chi connectivity index (χ2n) is 8.62. The second-order valence-corrected chi connectivity index (χ2v) is 8.62. The van der Waals surface area contributed by atoms with Gasteiger partial charge in [0.2, 0.25) is 5.91 Å². The van der Waals surface area contributed by atoms with Crippen molar-refractivity contribution in [2.75, 3.05) is 33.2 Å². The molecule has 1 aromatic carbocycles. The molecular weight excluding hydrogens is 386 g/mol. The lowest BCUT2D eigenvalue weighted by molar-refractivity contribution is -0.127. The molecular formula is C25H35N5O. The average Bonchev–Trinajstić information content (AvgIpc) is 3.15. The van der Waals surface area contributed by atoms with Gasteiger partial charge in [-0.25, -0.2) is 0 Å². The third-order valence-electron chi connectivity index (χ3n) is 6.00. The van der Waals surface area contributed by atoms with Crippen LogP contribution in [0.25, 0.3) is 0 Å². The topological polar surface area (TPSA) is 69.6 Å². The number of carbonyl (C=O) groups is 1. The Morgan fingerprint density at radius 1 is 1.19 bits per heavy atom. The lowest BCUT2D eigenvalue weighted by atomic mass is 9.89. The van der Waals surface area contributed by atoms with Crippen LogP contribution in [0.15, 0.2) is 59.9 Å². The van der Waals surface area contributed by atoms with Crippen molar-refractivity contribution in [3.8, 4) is 0 Å². The summed E-state index contributed by atoms with van der Waals surface area (Å²) in [6.07, 6.45) is 5.25. The van der Waals surface area contributed by atoms with Crippen molar-refractivity contribution in [2.45, 2.75) is 32.6 Å². The van der Waals surface area contributed by atoms with Crippen molar-refractivity contribution in [3.05, 3.63) is 66.0 Å². The molecule has 2 aromatic rings. The fourth-order valence-electron chi connectivity index (χ4n) is 4.12. The second kappa shape index (κ2) is 11.5. The van der Waals surface area contributed by atoms with E-state index < -0.39 is 0 Å². The maximum atomic E-state index is 12.4. The Balaban J connectivity index is 1.44. The van der Waals surface area contributed by atoms with E-state index in [0.29, 0.717) is 24.2 Å². The van der Waals surface area contributed by atoms with Gasteiger partial charge in [0, 0.05) is 63.9 Å².